The summed E-state index contributed by atoms with van der Waals surface area (Å²) in [5, 5.41) is 0. The van der Waals surface area contributed by atoms with Gasteiger partial charge in [-0.2, -0.15) is 0 Å². The van der Waals surface area contributed by atoms with Gasteiger partial charge in [0.25, 0.3) is 0 Å². The number of methoxy groups -OCH3 is 1. The lowest BCUT2D eigenvalue weighted by molar-refractivity contribution is -0.143. The van der Waals surface area contributed by atoms with E-state index in [4.69, 9.17) is 10.5 Å². The van der Waals surface area contributed by atoms with Gasteiger partial charge in [0.1, 0.15) is 0 Å². The van der Waals surface area contributed by atoms with E-state index >= 15 is 0 Å². The zero-order valence-corrected chi connectivity index (χ0v) is 14.5. The molecule has 2 N–H and O–H groups in total. The summed E-state index contributed by atoms with van der Waals surface area (Å²) in [5.41, 5.74) is 6.44. The van der Waals surface area contributed by atoms with Crippen molar-refractivity contribution in [2.24, 2.45) is 11.1 Å². The van der Waals surface area contributed by atoms with Crippen molar-refractivity contribution in [3.63, 3.8) is 0 Å². The number of nitrogens with two attached hydrogens (primary N) is 1. The molecule has 0 aromatic carbocycles. The van der Waals surface area contributed by atoms with Gasteiger partial charge in [-0.1, -0.05) is 12.8 Å². The van der Waals surface area contributed by atoms with Crippen molar-refractivity contribution in [2.45, 2.75) is 51.5 Å². The van der Waals surface area contributed by atoms with Crippen molar-refractivity contribution in [1.82, 2.24) is 0 Å². The van der Waals surface area contributed by atoms with Gasteiger partial charge in [0.2, 0.25) is 0 Å². The molecule has 0 spiro atoms. The number of aryl methyl sites for hydroxylation is 1. The van der Waals surface area contributed by atoms with E-state index in [0.29, 0.717) is 6.42 Å². The maximum absolute atomic E-state index is 11.7. The monoisotopic (exact) mass is 359 g/mol. The Morgan fingerprint density at radius 3 is 2.70 bits per heavy atom. The molecule has 0 saturated heterocycles. The van der Waals surface area contributed by atoms with E-state index in [-0.39, 0.29) is 17.4 Å². The zero-order valence-electron chi connectivity index (χ0n) is 12.1. The fourth-order valence-electron chi connectivity index (χ4n) is 3.19. The van der Waals surface area contributed by atoms with E-state index < -0.39 is 0 Å². The summed E-state index contributed by atoms with van der Waals surface area (Å²) < 4.78 is 5.99. The first-order valence-corrected chi connectivity index (χ1v) is 8.65. The van der Waals surface area contributed by atoms with Crippen LogP contribution in [0.15, 0.2) is 10.5 Å². The number of carbonyl (C=O) groups is 1. The van der Waals surface area contributed by atoms with E-state index in [1.807, 2.05) is 0 Å². The van der Waals surface area contributed by atoms with Crippen molar-refractivity contribution in [2.75, 3.05) is 7.11 Å². The molecule has 0 aliphatic heterocycles. The Morgan fingerprint density at radius 2 is 2.20 bits per heavy atom. The molecule has 3 nitrogen and oxygen atoms in total. The highest BCUT2D eigenvalue weighted by Crippen LogP contribution is 2.47. The third-order valence-electron chi connectivity index (χ3n) is 4.31. The molecule has 1 aromatic heterocycles. The van der Waals surface area contributed by atoms with Crippen LogP contribution in [0.1, 0.15) is 54.3 Å². The lowest BCUT2D eigenvalue weighted by atomic mass is 9.77. The Hall–Kier alpha value is -0.390. The third-order valence-corrected chi connectivity index (χ3v) is 6.57. The van der Waals surface area contributed by atoms with Gasteiger partial charge in [-0.15, -0.1) is 11.3 Å². The molecule has 5 heteroatoms. The molecule has 0 bridgehead atoms. The van der Waals surface area contributed by atoms with E-state index in [1.165, 1.54) is 29.7 Å². The van der Waals surface area contributed by atoms with Crippen molar-refractivity contribution < 1.29 is 9.53 Å². The van der Waals surface area contributed by atoms with Gasteiger partial charge in [-0.3, -0.25) is 4.79 Å². The van der Waals surface area contributed by atoms with E-state index in [1.54, 1.807) is 11.3 Å². The van der Waals surface area contributed by atoms with E-state index in [9.17, 15) is 4.79 Å². The Balaban J connectivity index is 2.09. The molecule has 0 amide bonds. The molecule has 1 fully saturated rings. The van der Waals surface area contributed by atoms with Crippen LogP contribution in [0.25, 0.3) is 0 Å². The predicted molar refractivity (Wildman–Crippen MR) is 85.8 cm³/mol. The van der Waals surface area contributed by atoms with Crippen LogP contribution in [0.4, 0.5) is 0 Å². The van der Waals surface area contributed by atoms with Crippen LogP contribution in [0.3, 0.4) is 0 Å². The number of halogens is 1. The molecular weight excluding hydrogens is 338 g/mol. The van der Waals surface area contributed by atoms with Crippen LogP contribution in [-0.4, -0.2) is 13.1 Å². The van der Waals surface area contributed by atoms with Gasteiger partial charge in [-0.25, -0.2) is 0 Å². The fourth-order valence-corrected chi connectivity index (χ4v) is 4.75. The minimum absolute atomic E-state index is 0.00718. The lowest BCUT2D eigenvalue weighted by Gasteiger charge is -2.30. The summed E-state index contributed by atoms with van der Waals surface area (Å²) in [6.07, 6.45) is 5.92. The molecule has 1 atom stereocenters. The van der Waals surface area contributed by atoms with Gasteiger partial charge in [-0.05, 0) is 53.6 Å². The summed E-state index contributed by atoms with van der Waals surface area (Å²) in [5.74, 6) is -0.109. The van der Waals surface area contributed by atoms with Crippen molar-refractivity contribution in [3.8, 4) is 0 Å². The van der Waals surface area contributed by atoms with Gasteiger partial charge in [0.15, 0.2) is 0 Å². The van der Waals surface area contributed by atoms with Crippen LogP contribution in [0.5, 0.6) is 0 Å². The summed E-state index contributed by atoms with van der Waals surface area (Å²) in [4.78, 5) is 14.1. The highest BCUT2D eigenvalue weighted by Gasteiger charge is 2.38. The van der Waals surface area contributed by atoms with Crippen LogP contribution >= 0.6 is 27.3 Å². The first-order chi connectivity index (χ1) is 9.46. The van der Waals surface area contributed by atoms with Crippen LogP contribution < -0.4 is 5.73 Å². The minimum Gasteiger partial charge on any atom is -0.469 e. The third kappa shape index (κ3) is 3.62. The van der Waals surface area contributed by atoms with E-state index in [2.05, 4.69) is 28.9 Å². The molecule has 2 rings (SSSR count). The quantitative estimate of drug-likeness (QED) is 0.795. The standard InChI is InChI=1S/C15H22BrNO2S/c1-10-11(16)7-13(20-10)12(17)8-15(5-3-4-6-15)9-14(18)19-2/h7,12H,3-6,8-9,17H2,1-2H3. The van der Waals surface area contributed by atoms with Crippen molar-refractivity contribution in [1.29, 1.82) is 0 Å². The minimum atomic E-state index is -0.109. The van der Waals surface area contributed by atoms with Gasteiger partial charge in [0, 0.05) is 20.3 Å². The first-order valence-electron chi connectivity index (χ1n) is 7.04. The molecule has 1 unspecified atom stereocenters. The average molecular weight is 360 g/mol. The Bertz CT molecular complexity index is 461. The molecule has 1 aliphatic rings. The second kappa shape index (κ2) is 6.58. The highest BCUT2D eigenvalue weighted by atomic mass is 79.9. The topological polar surface area (TPSA) is 52.3 Å². The number of thiophene rings is 1. The average Bonchev–Trinajstić information content (AvgIpc) is 2.98. The SMILES string of the molecule is COC(=O)CC1(CC(N)c2cc(Br)c(C)s2)CCCC1. The van der Waals surface area contributed by atoms with Crippen LogP contribution in [0, 0.1) is 12.3 Å². The van der Waals surface area contributed by atoms with Crippen LogP contribution in [0.2, 0.25) is 0 Å². The number of hydrogen-bond donors (Lipinski definition) is 1. The molecule has 20 heavy (non-hydrogen) atoms. The maximum Gasteiger partial charge on any atom is 0.306 e. The highest BCUT2D eigenvalue weighted by molar-refractivity contribution is 9.10. The molecule has 1 saturated carbocycles. The fraction of sp³-hybridized carbons (Fsp3) is 0.667. The summed E-state index contributed by atoms with van der Waals surface area (Å²) in [7, 11) is 1.46. The Kier molecular flexibility index (Phi) is 5.26. The van der Waals surface area contributed by atoms with Crippen molar-refractivity contribution >= 4 is 33.2 Å². The smallest absolute Gasteiger partial charge is 0.306 e. The lowest BCUT2D eigenvalue weighted by Crippen LogP contribution is -2.27. The predicted octanol–water partition coefficient (Wildman–Crippen LogP) is 4.33. The number of ether oxygens (including phenoxy) is 1. The Morgan fingerprint density at radius 1 is 1.55 bits per heavy atom. The van der Waals surface area contributed by atoms with Gasteiger partial charge in [0.05, 0.1) is 13.5 Å². The second-order valence-electron chi connectivity index (χ2n) is 5.82. The van der Waals surface area contributed by atoms with Gasteiger partial charge < -0.3 is 10.5 Å². The normalized spacial score (nSPS) is 19.0. The van der Waals surface area contributed by atoms with Crippen molar-refractivity contribution in [3.05, 3.63) is 20.3 Å². The number of esters is 1. The summed E-state index contributed by atoms with van der Waals surface area (Å²) in [6, 6.07) is 2.12. The first kappa shape index (κ1) is 16.0. The molecule has 1 aliphatic carbocycles. The number of hydrogen-bond acceptors (Lipinski definition) is 4. The second-order valence-corrected chi connectivity index (χ2v) is 7.97. The molecular formula is C15H22BrNO2S. The number of carbonyl (C=O) groups excluding carboxylic acids is 1. The number of rotatable bonds is 5. The summed E-state index contributed by atoms with van der Waals surface area (Å²) >= 11 is 5.28. The van der Waals surface area contributed by atoms with Crippen LogP contribution in [-0.2, 0) is 9.53 Å². The molecule has 112 valence electrons. The maximum atomic E-state index is 11.7. The summed E-state index contributed by atoms with van der Waals surface area (Å²) in [6.45, 7) is 2.09. The van der Waals surface area contributed by atoms with Gasteiger partial charge >= 0.3 is 5.97 Å². The van der Waals surface area contributed by atoms with E-state index in [0.717, 1.165) is 23.7 Å². The Labute approximate surface area is 133 Å². The zero-order chi connectivity index (χ0) is 14.8. The molecule has 0 radical (unpaired) electrons. The largest absolute Gasteiger partial charge is 0.469 e. The molecule has 1 aromatic rings. The molecule has 1 heterocycles.